The molecule has 0 spiro atoms. The maximum absolute atomic E-state index is 12.6. The van der Waals surface area contributed by atoms with E-state index in [2.05, 4.69) is 0 Å². The van der Waals surface area contributed by atoms with Crippen LogP contribution in [0.3, 0.4) is 0 Å². The fourth-order valence-electron chi connectivity index (χ4n) is 2.84. The lowest BCUT2D eigenvalue weighted by atomic mass is 10.1. The molecule has 4 nitrogen and oxygen atoms in total. The van der Waals surface area contributed by atoms with E-state index in [9.17, 15) is 22.8 Å². The highest BCUT2D eigenvalue weighted by molar-refractivity contribution is 5.94. The van der Waals surface area contributed by atoms with Gasteiger partial charge in [-0.05, 0) is 42.2 Å². The zero-order chi connectivity index (χ0) is 20.9. The fourth-order valence-corrected chi connectivity index (χ4v) is 2.84. The van der Waals surface area contributed by atoms with Gasteiger partial charge in [0.1, 0.15) is 6.54 Å². The standard InChI is InChI=1S/C22H21F3N2O2/c23-22(24,25)15-26-21(29)18-9-6-17(7-10-18)14-27(19-11-12-19)20(28)13-8-16-4-2-1-3-5-16/h1-10,13,19H,11-12,14-15H2,(H,26,29). The smallest absolute Gasteiger partial charge is 0.343 e. The van der Waals surface area contributed by atoms with Crippen LogP contribution in [0.5, 0.6) is 0 Å². The van der Waals surface area contributed by atoms with Crippen molar-refractivity contribution in [3.8, 4) is 0 Å². The van der Waals surface area contributed by atoms with E-state index in [1.54, 1.807) is 29.2 Å². The van der Waals surface area contributed by atoms with E-state index < -0.39 is 18.6 Å². The van der Waals surface area contributed by atoms with Crippen LogP contribution >= 0.6 is 0 Å². The minimum absolute atomic E-state index is 0.0941. The number of alkyl halides is 3. The monoisotopic (exact) mass is 402 g/mol. The van der Waals surface area contributed by atoms with E-state index in [1.807, 2.05) is 35.6 Å². The molecule has 0 unspecified atom stereocenters. The van der Waals surface area contributed by atoms with Crippen molar-refractivity contribution in [1.29, 1.82) is 0 Å². The van der Waals surface area contributed by atoms with Crippen LogP contribution in [0, 0.1) is 0 Å². The largest absolute Gasteiger partial charge is 0.405 e. The summed E-state index contributed by atoms with van der Waals surface area (Å²) in [5, 5.41) is 1.84. The maximum atomic E-state index is 12.6. The zero-order valence-corrected chi connectivity index (χ0v) is 15.7. The number of carbonyl (C=O) groups is 2. The van der Waals surface area contributed by atoms with Crippen molar-refractivity contribution in [2.75, 3.05) is 6.54 Å². The first kappa shape index (κ1) is 20.6. The number of nitrogens with zero attached hydrogens (tertiary/aromatic N) is 1. The first-order valence-electron chi connectivity index (χ1n) is 9.29. The van der Waals surface area contributed by atoms with Crippen LogP contribution in [0.4, 0.5) is 13.2 Å². The Morgan fingerprint density at radius 2 is 1.69 bits per heavy atom. The van der Waals surface area contributed by atoms with E-state index in [0.717, 1.165) is 24.0 Å². The molecule has 1 fully saturated rings. The molecule has 2 aromatic carbocycles. The van der Waals surface area contributed by atoms with Gasteiger partial charge >= 0.3 is 6.18 Å². The summed E-state index contributed by atoms with van der Waals surface area (Å²) in [5.41, 5.74) is 1.89. The molecule has 2 aromatic rings. The lowest BCUT2D eigenvalue weighted by Crippen LogP contribution is -2.33. The van der Waals surface area contributed by atoms with Crippen molar-refractivity contribution in [2.45, 2.75) is 31.6 Å². The Bertz CT molecular complexity index is 873. The van der Waals surface area contributed by atoms with Crippen molar-refractivity contribution in [1.82, 2.24) is 10.2 Å². The molecular weight excluding hydrogens is 381 g/mol. The Balaban J connectivity index is 1.61. The Hall–Kier alpha value is -3.09. The summed E-state index contributed by atoms with van der Waals surface area (Å²) in [6, 6.07) is 16.0. The van der Waals surface area contributed by atoms with E-state index >= 15 is 0 Å². The average molecular weight is 402 g/mol. The third-order valence-corrected chi connectivity index (χ3v) is 4.51. The first-order chi connectivity index (χ1) is 13.8. The van der Waals surface area contributed by atoms with Crippen LogP contribution in [0.15, 0.2) is 60.7 Å². The molecule has 1 saturated carbocycles. The highest BCUT2D eigenvalue weighted by atomic mass is 19.4. The summed E-state index contributed by atoms with van der Waals surface area (Å²) >= 11 is 0. The SMILES string of the molecule is O=C(NCC(F)(F)F)c1ccc(CN(C(=O)C=Cc2ccccc2)C2CC2)cc1. The second kappa shape index (κ2) is 8.94. The lowest BCUT2D eigenvalue weighted by Gasteiger charge is -2.21. The van der Waals surface area contributed by atoms with Gasteiger partial charge in [0.2, 0.25) is 5.91 Å². The molecule has 0 atom stereocenters. The molecule has 3 rings (SSSR count). The van der Waals surface area contributed by atoms with Crippen molar-refractivity contribution in [3.63, 3.8) is 0 Å². The quantitative estimate of drug-likeness (QED) is 0.707. The molecule has 7 heteroatoms. The number of amides is 2. The normalized spacial score (nSPS) is 14.0. The fraction of sp³-hybridized carbons (Fsp3) is 0.273. The van der Waals surface area contributed by atoms with Crippen LogP contribution in [-0.2, 0) is 11.3 Å². The van der Waals surface area contributed by atoms with Gasteiger partial charge in [0.25, 0.3) is 5.91 Å². The van der Waals surface area contributed by atoms with Gasteiger partial charge in [-0.15, -0.1) is 0 Å². The van der Waals surface area contributed by atoms with Gasteiger partial charge < -0.3 is 10.2 Å². The molecule has 0 aliphatic heterocycles. The number of hydrogen-bond acceptors (Lipinski definition) is 2. The van der Waals surface area contributed by atoms with Crippen LogP contribution in [0.1, 0.15) is 34.3 Å². The molecule has 0 radical (unpaired) electrons. The number of nitrogens with one attached hydrogen (secondary N) is 1. The maximum Gasteiger partial charge on any atom is 0.405 e. The summed E-state index contributed by atoms with van der Waals surface area (Å²) in [4.78, 5) is 26.2. The molecule has 1 aliphatic carbocycles. The Kier molecular flexibility index (Phi) is 6.36. The van der Waals surface area contributed by atoms with Gasteiger partial charge in [-0.3, -0.25) is 9.59 Å². The van der Waals surface area contributed by atoms with Crippen LogP contribution in [0.25, 0.3) is 6.08 Å². The summed E-state index contributed by atoms with van der Waals surface area (Å²) in [6.07, 6.45) is 0.762. The van der Waals surface area contributed by atoms with E-state index in [1.165, 1.54) is 12.1 Å². The van der Waals surface area contributed by atoms with Crippen molar-refractivity contribution in [3.05, 3.63) is 77.4 Å². The summed E-state index contributed by atoms with van der Waals surface area (Å²) in [6.45, 7) is -0.988. The molecule has 1 aliphatic rings. The van der Waals surface area contributed by atoms with Crippen molar-refractivity contribution >= 4 is 17.9 Å². The van der Waals surface area contributed by atoms with Gasteiger partial charge in [-0.25, -0.2) is 0 Å². The highest BCUT2D eigenvalue weighted by Crippen LogP contribution is 2.29. The zero-order valence-electron chi connectivity index (χ0n) is 15.7. The molecule has 0 bridgehead atoms. The van der Waals surface area contributed by atoms with E-state index in [0.29, 0.717) is 6.54 Å². The summed E-state index contributed by atoms with van der Waals surface area (Å²) < 4.78 is 36.6. The Morgan fingerprint density at radius 1 is 1.03 bits per heavy atom. The summed E-state index contributed by atoms with van der Waals surface area (Å²) in [7, 11) is 0. The van der Waals surface area contributed by atoms with Gasteiger partial charge in [-0.2, -0.15) is 13.2 Å². The van der Waals surface area contributed by atoms with Crippen molar-refractivity contribution < 1.29 is 22.8 Å². The third kappa shape index (κ3) is 6.48. The number of hydrogen-bond donors (Lipinski definition) is 1. The van der Waals surface area contributed by atoms with Gasteiger partial charge in [0.05, 0.1) is 0 Å². The number of benzene rings is 2. The second-order valence-corrected chi connectivity index (χ2v) is 6.94. The van der Waals surface area contributed by atoms with Crippen molar-refractivity contribution in [2.24, 2.45) is 0 Å². The molecule has 152 valence electrons. The highest BCUT2D eigenvalue weighted by Gasteiger charge is 2.31. The first-order valence-corrected chi connectivity index (χ1v) is 9.29. The second-order valence-electron chi connectivity index (χ2n) is 6.94. The molecule has 2 amide bonds. The number of carbonyl (C=O) groups excluding carboxylic acids is 2. The van der Waals surface area contributed by atoms with Gasteiger partial charge in [-0.1, -0.05) is 42.5 Å². The molecule has 1 N–H and O–H groups in total. The molecular formula is C22H21F3N2O2. The molecule has 0 aromatic heterocycles. The average Bonchev–Trinajstić information content (AvgIpc) is 3.54. The van der Waals surface area contributed by atoms with Crippen LogP contribution < -0.4 is 5.32 Å². The molecule has 0 heterocycles. The van der Waals surface area contributed by atoms with E-state index in [-0.39, 0.29) is 17.5 Å². The predicted molar refractivity (Wildman–Crippen MR) is 104 cm³/mol. The minimum Gasteiger partial charge on any atom is -0.343 e. The molecule has 29 heavy (non-hydrogen) atoms. The van der Waals surface area contributed by atoms with Crippen LogP contribution in [0.2, 0.25) is 0 Å². The topological polar surface area (TPSA) is 49.4 Å². The van der Waals surface area contributed by atoms with Crippen LogP contribution in [-0.4, -0.2) is 35.5 Å². The summed E-state index contributed by atoms with van der Waals surface area (Å²) in [5.74, 6) is -0.877. The van der Waals surface area contributed by atoms with Gasteiger partial charge in [0, 0.05) is 24.2 Å². The third-order valence-electron chi connectivity index (χ3n) is 4.51. The number of halogens is 3. The number of rotatable bonds is 7. The van der Waals surface area contributed by atoms with Gasteiger partial charge in [0.15, 0.2) is 0 Å². The molecule has 0 saturated heterocycles. The predicted octanol–water partition coefficient (Wildman–Crippen LogP) is 4.18. The van der Waals surface area contributed by atoms with E-state index in [4.69, 9.17) is 0 Å². The minimum atomic E-state index is -4.45. The lowest BCUT2D eigenvalue weighted by molar-refractivity contribution is -0.127. The Morgan fingerprint density at radius 3 is 2.28 bits per heavy atom. The Labute approximate surface area is 167 Å².